The van der Waals surface area contributed by atoms with E-state index in [4.69, 9.17) is 79.6 Å². The zero-order chi connectivity index (χ0) is 81.6. The molecule has 0 spiro atoms. The summed E-state index contributed by atoms with van der Waals surface area (Å²) in [6, 6.07) is 55.9. The Bertz CT molecular complexity index is 6140. The van der Waals surface area contributed by atoms with Gasteiger partial charge in [0, 0.05) is 156 Å². The zero-order valence-electron chi connectivity index (χ0n) is 63.0. The van der Waals surface area contributed by atoms with Crippen molar-refractivity contribution in [1.29, 1.82) is 0 Å². The van der Waals surface area contributed by atoms with Gasteiger partial charge in [0.1, 0.15) is 19.3 Å². The van der Waals surface area contributed by atoms with Gasteiger partial charge in [0.15, 0.2) is 0 Å². The molecule has 4 amide bonds. The highest BCUT2D eigenvalue weighted by Crippen LogP contribution is 2.36. The van der Waals surface area contributed by atoms with Crippen molar-refractivity contribution >= 4 is 169 Å². The van der Waals surface area contributed by atoms with Gasteiger partial charge in [-0.25, -0.2) is 5.84 Å². The van der Waals surface area contributed by atoms with Crippen LogP contribution in [0, 0.1) is 13.8 Å². The molecule has 0 saturated heterocycles. The molecule has 16 rings (SSSR count). The molecule has 36 heteroatoms. The van der Waals surface area contributed by atoms with E-state index in [1.807, 2.05) is 121 Å². The van der Waals surface area contributed by atoms with Gasteiger partial charge in [-0.2, -0.15) is 0 Å². The van der Waals surface area contributed by atoms with E-state index in [0.717, 1.165) is 106 Å². The van der Waals surface area contributed by atoms with Gasteiger partial charge in [-0.15, -0.1) is 92.4 Å². The molecule has 8 aromatic heterocycles. The van der Waals surface area contributed by atoms with Crippen LogP contribution in [-0.2, 0) is 61.4 Å². The van der Waals surface area contributed by atoms with E-state index in [9.17, 15) is 24.0 Å². The number of nitrogens with one attached hydrogen (secondary N) is 7. The Morgan fingerprint density at radius 3 is 1.27 bits per heavy atom. The number of carbonyl (C=O) groups excluding carboxylic acids is 5. The van der Waals surface area contributed by atoms with E-state index in [-0.39, 0.29) is 31.3 Å². The summed E-state index contributed by atoms with van der Waals surface area (Å²) >= 11 is 23.4. The van der Waals surface area contributed by atoms with Crippen LogP contribution in [0.15, 0.2) is 194 Å². The first kappa shape index (κ1) is 83.1. The number of aromatic nitrogens is 12. The van der Waals surface area contributed by atoms with Crippen LogP contribution in [0.4, 0.5) is 0 Å². The fraction of sp³-hybridized carbons (Fsp3) is 0.212. The first-order chi connectivity index (χ1) is 56.5. The zero-order valence-corrected chi connectivity index (χ0v) is 66.0. The molecule has 0 fully saturated rings. The fourth-order valence-corrected chi connectivity index (χ4v) is 13.4. The number of para-hydroxylation sites is 4. The van der Waals surface area contributed by atoms with Crippen LogP contribution in [0.1, 0.15) is 82.7 Å². The SMILES string of the molecule is C=Cn1c2ccccc2c2cc(-c3nnc(Cc4nnc(C)o4)o3)ccc21.CCONNC(=O)CC(=O)NN.CCONNC(=O)CCONNC(=O)c1ccc2c(c1)c1ccccc1n2CCCl.Cc1nnc(Cc2nnc(-c3ccc4c(c3)c3ccccc3n4CCCl)o2)o1.O=C(Cl)c1ccc2c(c1)c1ccccc1n2CCCl. The summed E-state index contributed by atoms with van der Waals surface area (Å²) in [6.07, 6.45) is 2.18. The Morgan fingerprint density at radius 2 is 0.819 bits per heavy atom. The number of rotatable bonds is 28. The maximum atomic E-state index is 12.4. The number of benzene rings is 8. The maximum absolute atomic E-state index is 12.4. The van der Waals surface area contributed by atoms with Gasteiger partial charge in [-0.3, -0.25) is 60.2 Å². The second kappa shape index (κ2) is 40.1. The molecule has 0 aliphatic heterocycles. The number of aryl methyl sites for hydroxylation is 5. The number of fused-ring (bicyclic) bond motifs is 12. The molecule has 0 unspecified atom stereocenters. The number of halogens is 4. The van der Waals surface area contributed by atoms with Crippen LogP contribution in [0.5, 0.6) is 0 Å². The molecular formula is C80H78Cl4N20O12. The Morgan fingerprint density at radius 1 is 0.440 bits per heavy atom. The molecule has 8 aromatic carbocycles. The molecule has 0 saturated carbocycles. The van der Waals surface area contributed by atoms with Gasteiger partial charge < -0.3 is 35.9 Å². The smallest absolute Gasteiger partial charge is 0.267 e. The molecule has 0 aliphatic rings. The Hall–Kier alpha value is -12.3. The van der Waals surface area contributed by atoms with Crippen molar-refractivity contribution in [3.05, 3.63) is 223 Å². The standard InChI is InChI=1S/C20H24ClN5O4.C20H16ClN5O2.C20H15N5O2.C15H11Cl2NO.C5H12N4O3/c1-2-29-24-22-19(27)9-12-30-25-23-20(28)14-7-8-18-16(13-14)15-5-3-4-6-17(15)26(18)11-10-21;1-12-22-23-18(27-12)11-19-24-25-20(28-19)13-6-7-17-15(10-13)14-4-2-3-5-16(14)26(17)9-8-21;1-3-25-16-7-5-4-6-14(16)15-10-13(8-9-17(15)25)20-24-23-19(27-20)11-18-22-21-12(2)26-18;16-7-8-18-13-4-2-1-3-11(13)12-9-10(15(17)19)5-6-14(12)18;1-2-12-9-8-5(11)3-4(10)7-6/h3-8,13,24-25H,2,9-12H2,1H3,(H,22,27)(H,23,28);2-7,10H,8-9,11H2,1H3;3-10H,1,11H2,2H3;1-6,9H,7-8H2;9H,2-3,6H2,1H3,(H,7,10)(H,8,11). The van der Waals surface area contributed by atoms with E-state index in [2.05, 4.69) is 152 Å². The van der Waals surface area contributed by atoms with Gasteiger partial charge in [-0.1, -0.05) is 79.4 Å². The number of hydrazine groups is 4. The summed E-state index contributed by atoms with van der Waals surface area (Å²) in [4.78, 5) is 70.8. The van der Waals surface area contributed by atoms with Crippen LogP contribution >= 0.6 is 46.4 Å². The van der Waals surface area contributed by atoms with E-state index >= 15 is 0 Å². The third-order valence-electron chi connectivity index (χ3n) is 17.8. The molecule has 116 heavy (non-hydrogen) atoms. The number of hydrogen-bond acceptors (Lipinski definition) is 24. The minimum absolute atomic E-state index is 0.0604. The third kappa shape index (κ3) is 20.1. The van der Waals surface area contributed by atoms with E-state index < -0.39 is 17.1 Å². The predicted molar refractivity (Wildman–Crippen MR) is 441 cm³/mol. The highest BCUT2D eigenvalue weighted by atomic mass is 35.5. The summed E-state index contributed by atoms with van der Waals surface area (Å²) < 4.78 is 31.0. The summed E-state index contributed by atoms with van der Waals surface area (Å²) in [5, 5.41) is 40.4. The molecule has 8 heterocycles. The topological polar surface area (TPSA) is 399 Å². The molecule has 0 bridgehead atoms. The van der Waals surface area contributed by atoms with E-state index in [1.165, 1.54) is 5.39 Å². The molecule has 9 N–H and O–H groups in total. The lowest BCUT2D eigenvalue weighted by Gasteiger charge is -2.09. The van der Waals surface area contributed by atoms with Crippen molar-refractivity contribution in [2.45, 2.75) is 73.0 Å². The van der Waals surface area contributed by atoms with Gasteiger partial charge in [0.2, 0.25) is 64.8 Å². The van der Waals surface area contributed by atoms with E-state index in [1.54, 1.807) is 39.8 Å². The van der Waals surface area contributed by atoms with Crippen molar-refractivity contribution in [3.63, 3.8) is 0 Å². The lowest BCUT2D eigenvalue weighted by atomic mass is 10.1. The summed E-state index contributed by atoms with van der Waals surface area (Å²) in [6.45, 7) is 14.0. The first-order valence-electron chi connectivity index (χ1n) is 36.3. The van der Waals surface area contributed by atoms with Crippen molar-refractivity contribution in [1.82, 2.24) is 97.5 Å². The largest absolute Gasteiger partial charge is 0.425 e. The minimum atomic E-state index is -0.564. The summed E-state index contributed by atoms with van der Waals surface area (Å²) in [5.41, 5.74) is 27.0. The molecule has 0 aliphatic carbocycles. The van der Waals surface area contributed by atoms with Crippen molar-refractivity contribution in [2.24, 2.45) is 5.84 Å². The lowest BCUT2D eigenvalue weighted by molar-refractivity contribution is -0.133. The normalized spacial score (nSPS) is 11.1. The summed E-state index contributed by atoms with van der Waals surface area (Å²) in [5.74, 6) is 8.29. The maximum Gasteiger partial charge on any atom is 0.267 e. The quantitative estimate of drug-likeness (QED) is 0.00429. The van der Waals surface area contributed by atoms with Crippen LogP contribution in [-0.4, -0.2) is 125 Å². The van der Waals surface area contributed by atoms with Crippen LogP contribution in [0.2, 0.25) is 0 Å². The van der Waals surface area contributed by atoms with Gasteiger partial charge >= 0.3 is 0 Å². The van der Waals surface area contributed by atoms with Gasteiger partial charge in [0.05, 0.1) is 37.3 Å². The summed E-state index contributed by atoms with van der Waals surface area (Å²) in [7, 11) is 0. The Labute approximate surface area is 680 Å². The second-order valence-corrected chi connectivity index (χ2v) is 26.7. The van der Waals surface area contributed by atoms with Crippen LogP contribution < -0.4 is 44.3 Å². The molecule has 0 atom stereocenters. The van der Waals surface area contributed by atoms with Gasteiger partial charge in [-0.05, 0) is 123 Å². The average Bonchev–Trinajstić information content (AvgIpc) is 1.62. The minimum Gasteiger partial charge on any atom is -0.425 e. The van der Waals surface area contributed by atoms with E-state index in [0.29, 0.717) is 108 Å². The Kier molecular flexibility index (Phi) is 28.8. The molecule has 16 aromatic rings. The monoisotopic (exact) mass is 1650 g/mol. The number of carbonyl (C=O) groups is 5. The number of hydrogen-bond donors (Lipinski definition) is 8. The predicted octanol–water partition coefficient (Wildman–Crippen LogP) is 13.1. The number of alkyl halides is 3. The number of nitrogens with two attached hydrogens (primary N) is 1. The van der Waals surface area contributed by atoms with Gasteiger partial charge in [0.25, 0.3) is 11.1 Å². The first-order valence-corrected chi connectivity index (χ1v) is 38.3. The average molecular weight is 1650 g/mol. The molecule has 32 nitrogen and oxygen atoms in total. The highest BCUT2D eigenvalue weighted by Gasteiger charge is 2.21. The molecular weight excluding hydrogens is 1570 g/mol. The molecule has 0 radical (unpaired) electrons. The van der Waals surface area contributed by atoms with Crippen LogP contribution in [0.25, 0.3) is 116 Å². The molecule has 598 valence electrons. The number of amides is 4. The number of nitrogens with zero attached hydrogens (tertiary/aromatic N) is 12. The second-order valence-electron chi connectivity index (χ2n) is 25.2. The Balaban J connectivity index is 0.000000137. The van der Waals surface area contributed by atoms with Crippen molar-refractivity contribution < 1.29 is 56.2 Å². The fourth-order valence-electron chi connectivity index (χ4n) is 12.8. The third-order valence-corrected chi connectivity index (χ3v) is 18.5. The van der Waals surface area contributed by atoms with Crippen LogP contribution in [0.3, 0.4) is 0 Å². The lowest BCUT2D eigenvalue weighted by Crippen LogP contribution is -2.41. The van der Waals surface area contributed by atoms with Crippen molar-refractivity contribution in [2.75, 3.05) is 37.5 Å². The van der Waals surface area contributed by atoms with Crippen molar-refractivity contribution in [3.8, 4) is 22.9 Å². The highest BCUT2D eigenvalue weighted by molar-refractivity contribution is 6.67.